The number of amides is 5. The van der Waals surface area contributed by atoms with Gasteiger partial charge in [-0.15, -0.1) is 0 Å². The van der Waals surface area contributed by atoms with Gasteiger partial charge in [-0.2, -0.15) is 13.2 Å². The van der Waals surface area contributed by atoms with E-state index in [1.165, 1.54) is 20.8 Å². The first-order chi connectivity index (χ1) is 14.7. The van der Waals surface area contributed by atoms with Gasteiger partial charge in [-0.1, -0.05) is 0 Å². The molecule has 3 rings (SSSR count). The zero-order chi connectivity index (χ0) is 24.0. The molecule has 1 atom stereocenters. The van der Waals surface area contributed by atoms with E-state index in [1.807, 2.05) is 0 Å². The minimum atomic E-state index is -4.65. The van der Waals surface area contributed by atoms with Crippen LogP contribution in [-0.2, 0) is 30.1 Å². The molecule has 1 saturated heterocycles. The van der Waals surface area contributed by atoms with Gasteiger partial charge in [-0.05, 0) is 39.0 Å². The fourth-order valence-corrected chi connectivity index (χ4v) is 3.26. The maximum Gasteiger partial charge on any atom is 0.416 e. The molecule has 5 amide bonds. The van der Waals surface area contributed by atoms with Gasteiger partial charge in [0.25, 0.3) is 11.8 Å². The van der Waals surface area contributed by atoms with Crippen LogP contribution in [0.5, 0.6) is 0 Å². The number of hydrogen-bond acceptors (Lipinski definition) is 6. The van der Waals surface area contributed by atoms with E-state index < -0.39 is 66.2 Å². The van der Waals surface area contributed by atoms with E-state index in [-0.39, 0.29) is 11.4 Å². The molecule has 32 heavy (non-hydrogen) atoms. The summed E-state index contributed by atoms with van der Waals surface area (Å²) < 4.78 is 43.8. The number of urea groups is 1. The third-order valence-electron chi connectivity index (χ3n) is 4.84. The van der Waals surface area contributed by atoms with Gasteiger partial charge >= 0.3 is 18.2 Å². The summed E-state index contributed by atoms with van der Waals surface area (Å²) in [5, 5.41) is 4.66. The van der Waals surface area contributed by atoms with Gasteiger partial charge in [0.2, 0.25) is 5.91 Å². The highest BCUT2D eigenvalue weighted by Gasteiger charge is 2.45. The highest BCUT2D eigenvalue weighted by atomic mass is 19.4. The van der Waals surface area contributed by atoms with E-state index in [2.05, 4.69) is 10.6 Å². The number of fused-ring (bicyclic) bond motifs is 1. The largest absolute Gasteiger partial charge is 0.451 e. The van der Waals surface area contributed by atoms with Crippen LogP contribution >= 0.6 is 0 Å². The quantitative estimate of drug-likeness (QED) is 0.519. The van der Waals surface area contributed by atoms with Crippen LogP contribution in [0.25, 0.3) is 0 Å². The Morgan fingerprint density at radius 1 is 1.22 bits per heavy atom. The molecule has 1 aromatic carbocycles. The lowest BCUT2D eigenvalue weighted by Gasteiger charge is -2.31. The van der Waals surface area contributed by atoms with E-state index in [0.717, 1.165) is 17.0 Å². The van der Waals surface area contributed by atoms with Crippen molar-refractivity contribution in [2.24, 2.45) is 0 Å². The van der Waals surface area contributed by atoms with Crippen LogP contribution in [0.2, 0.25) is 0 Å². The number of esters is 1. The maximum absolute atomic E-state index is 12.9. The van der Waals surface area contributed by atoms with Crippen LogP contribution in [0, 0.1) is 0 Å². The zero-order valence-electron chi connectivity index (χ0n) is 17.2. The Bertz CT molecular complexity index is 1020. The topological polar surface area (TPSA) is 125 Å². The third-order valence-corrected chi connectivity index (χ3v) is 4.84. The van der Waals surface area contributed by atoms with Crippen LogP contribution < -0.4 is 15.5 Å². The SMILES string of the molecule is CC(OC(=O)CN1C(=O)NC(C)(C)C1=O)C(=O)N1CC(=O)Nc2cc(C(F)(F)F)ccc21. The van der Waals surface area contributed by atoms with Crippen molar-refractivity contribution in [3.05, 3.63) is 23.8 Å². The minimum Gasteiger partial charge on any atom is -0.451 e. The van der Waals surface area contributed by atoms with Crippen molar-refractivity contribution >= 4 is 41.1 Å². The average molecular weight is 456 g/mol. The molecular formula is C19H19F3N4O6. The summed E-state index contributed by atoms with van der Waals surface area (Å²) in [5.41, 5.74) is -2.42. The number of ether oxygens (including phenoxy) is 1. The van der Waals surface area contributed by atoms with Crippen molar-refractivity contribution in [3.63, 3.8) is 0 Å². The van der Waals surface area contributed by atoms with Gasteiger partial charge in [0, 0.05) is 0 Å². The molecule has 0 saturated carbocycles. The smallest absolute Gasteiger partial charge is 0.416 e. The monoisotopic (exact) mass is 456 g/mol. The highest BCUT2D eigenvalue weighted by molar-refractivity contribution is 6.11. The lowest BCUT2D eigenvalue weighted by atomic mass is 10.1. The van der Waals surface area contributed by atoms with Crippen LogP contribution in [0.3, 0.4) is 0 Å². The maximum atomic E-state index is 12.9. The second kappa shape index (κ2) is 7.80. The predicted octanol–water partition coefficient (Wildman–Crippen LogP) is 1.25. The predicted molar refractivity (Wildman–Crippen MR) is 102 cm³/mol. The number of hydrogen-bond donors (Lipinski definition) is 2. The summed E-state index contributed by atoms with van der Waals surface area (Å²) in [6.45, 7) is 2.87. The number of carbonyl (C=O) groups is 5. The van der Waals surface area contributed by atoms with Crippen LogP contribution in [0.4, 0.5) is 29.3 Å². The first-order valence-electron chi connectivity index (χ1n) is 9.37. The van der Waals surface area contributed by atoms with Gasteiger partial charge in [0.15, 0.2) is 6.10 Å². The fraction of sp³-hybridized carbons (Fsp3) is 0.421. The Morgan fingerprint density at radius 3 is 2.44 bits per heavy atom. The van der Waals surface area contributed by atoms with E-state index >= 15 is 0 Å². The molecule has 13 heteroatoms. The molecule has 2 aliphatic heterocycles. The molecule has 172 valence electrons. The van der Waals surface area contributed by atoms with Crippen LogP contribution in [0.15, 0.2) is 18.2 Å². The molecule has 0 aliphatic carbocycles. The van der Waals surface area contributed by atoms with Crippen molar-refractivity contribution in [2.45, 2.75) is 38.6 Å². The normalized spacial score (nSPS) is 18.6. The zero-order valence-corrected chi connectivity index (χ0v) is 17.2. The molecular weight excluding hydrogens is 437 g/mol. The number of rotatable bonds is 4. The first-order valence-corrected chi connectivity index (χ1v) is 9.37. The molecule has 2 aliphatic rings. The van der Waals surface area contributed by atoms with Gasteiger partial charge in [-0.25, -0.2) is 4.79 Å². The van der Waals surface area contributed by atoms with Crippen molar-refractivity contribution in [1.29, 1.82) is 0 Å². The lowest BCUT2D eigenvalue weighted by molar-refractivity contribution is -0.155. The van der Waals surface area contributed by atoms with E-state index in [4.69, 9.17) is 4.74 Å². The van der Waals surface area contributed by atoms with Crippen LogP contribution in [0.1, 0.15) is 26.3 Å². The number of alkyl halides is 3. The summed E-state index contributed by atoms with van der Waals surface area (Å²) >= 11 is 0. The van der Waals surface area contributed by atoms with Gasteiger partial charge < -0.3 is 15.4 Å². The van der Waals surface area contributed by atoms with E-state index in [0.29, 0.717) is 11.0 Å². The second-order valence-electron chi connectivity index (χ2n) is 7.78. The number of imide groups is 1. The highest BCUT2D eigenvalue weighted by Crippen LogP contribution is 2.37. The molecule has 0 bridgehead atoms. The average Bonchev–Trinajstić information content (AvgIpc) is 2.86. The first kappa shape index (κ1) is 23.0. The number of nitrogens with one attached hydrogen (secondary N) is 2. The number of carbonyl (C=O) groups excluding carboxylic acids is 5. The summed E-state index contributed by atoms with van der Waals surface area (Å²) in [7, 11) is 0. The van der Waals surface area contributed by atoms with Crippen LogP contribution in [-0.4, -0.2) is 59.4 Å². The van der Waals surface area contributed by atoms with Gasteiger partial charge in [0.1, 0.15) is 18.6 Å². The molecule has 0 spiro atoms. The molecule has 2 N–H and O–H groups in total. The lowest BCUT2D eigenvalue weighted by Crippen LogP contribution is -2.48. The number of nitrogens with zero attached hydrogens (tertiary/aromatic N) is 2. The molecule has 0 aromatic heterocycles. The summed E-state index contributed by atoms with van der Waals surface area (Å²) in [6.07, 6.45) is -6.10. The third kappa shape index (κ3) is 4.36. The van der Waals surface area contributed by atoms with Crippen molar-refractivity contribution < 1.29 is 41.9 Å². The standard InChI is InChI=1S/C19H19F3N4O6/c1-9(32-14(28)8-26-16(30)18(2,3)24-17(26)31)15(29)25-7-13(27)23-11-6-10(19(20,21)22)4-5-12(11)25/h4-6,9H,7-8H2,1-3H3,(H,23,27)(H,24,31). The molecule has 10 nitrogen and oxygen atoms in total. The number of anilines is 2. The minimum absolute atomic E-state index is 0.00125. The van der Waals surface area contributed by atoms with Gasteiger partial charge in [0.05, 0.1) is 16.9 Å². The Labute approximate surface area is 179 Å². The Morgan fingerprint density at radius 2 is 1.88 bits per heavy atom. The van der Waals surface area contributed by atoms with E-state index in [9.17, 15) is 37.1 Å². The second-order valence-corrected chi connectivity index (χ2v) is 7.78. The number of halogens is 3. The summed E-state index contributed by atoms with van der Waals surface area (Å²) in [5.74, 6) is -3.31. The summed E-state index contributed by atoms with van der Waals surface area (Å²) in [4.78, 5) is 62.4. The fourth-order valence-electron chi connectivity index (χ4n) is 3.26. The van der Waals surface area contributed by atoms with Crippen molar-refractivity contribution in [2.75, 3.05) is 23.3 Å². The molecule has 1 aromatic rings. The molecule has 0 radical (unpaired) electrons. The Kier molecular flexibility index (Phi) is 5.62. The molecule has 1 unspecified atom stereocenters. The van der Waals surface area contributed by atoms with Crippen molar-refractivity contribution in [3.8, 4) is 0 Å². The molecule has 1 fully saturated rings. The number of benzene rings is 1. The van der Waals surface area contributed by atoms with E-state index in [1.54, 1.807) is 0 Å². The molecule has 2 heterocycles. The van der Waals surface area contributed by atoms with Crippen molar-refractivity contribution in [1.82, 2.24) is 10.2 Å². The van der Waals surface area contributed by atoms with Gasteiger partial charge in [-0.3, -0.25) is 29.0 Å². The Balaban J connectivity index is 1.72. The Hall–Kier alpha value is -3.64. The summed E-state index contributed by atoms with van der Waals surface area (Å²) in [6, 6.07) is 1.69.